The number of nitrogens with two attached hydrogens (primary N) is 1. The first-order chi connectivity index (χ1) is 7.18. The van der Waals surface area contributed by atoms with Gasteiger partial charge in [-0.05, 0) is 13.0 Å². The van der Waals surface area contributed by atoms with Crippen LogP contribution in [0.1, 0.15) is 6.92 Å². The molecular formula is C9H16Cl2NNaO6. The molecule has 0 saturated heterocycles. The van der Waals surface area contributed by atoms with Crippen LogP contribution >= 0.6 is 24.0 Å². The fourth-order valence-electron chi connectivity index (χ4n) is 0. The molecule has 0 atom stereocenters. The monoisotopic (exact) mass is 327 g/mol. The van der Waals surface area contributed by atoms with E-state index >= 15 is 0 Å². The minimum absolute atomic E-state index is 0. The second kappa shape index (κ2) is 26.1. The summed E-state index contributed by atoms with van der Waals surface area (Å²) in [4.78, 5) is 28.3. The quantitative estimate of drug-likeness (QED) is 0.306. The largest absolute Gasteiger partial charge is 1.00 e. The fourth-order valence-corrected chi connectivity index (χ4v) is 0. The minimum Gasteiger partial charge on any atom is -0.870 e. The van der Waals surface area contributed by atoms with Gasteiger partial charge in [-0.25, -0.2) is 4.79 Å². The third-order valence-corrected chi connectivity index (χ3v) is 0.909. The van der Waals surface area contributed by atoms with Crippen LogP contribution in [0.5, 0.6) is 0 Å². The molecule has 0 aliphatic rings. The Morgan fingerprint density at radius 1 is 1.32 bits per heavy atom. The number of rotatable bonds is 3. The molecule has 108 valence electrons. The molecule has 0 radical (unpaired) electrons. The third-order valence-electron chi connectivity index (χ3n) is 0.681. The zero-order valence-corrected chi connectivity index (χ0v) is 14.2. The number of carboxylic acids is 2. The van der Waals surface area contributed by atoms with E-state index in [1.165, 1.54) is 6.92 Å². The number of carboxylic acid groups (broad SMARTS) is 2. The Morgan fingerprint density at radius 2 is 1.47 bits per heavy atom. The number of carbonyl (C=O) groups is 3. The smallest absolute Gasteiger partial charge is 0.870 e. The second-order valence-corrected chi connectivity index (χ2v) is 2.49. The van der Waals surface area contributed by atoms with Crippen LogP contribution in [-0.4, -0.2) is 39.4 Å². The summed E-state index contributed by atoms with van der Waals surface area (Å²) in [5.74, 6) is -2.70. The Morgan fingerprint density at radius 3 is 1.47 bits per heavy atom. The van der Waals surface area contributed by atoms with Crippen molar-refractivity contribution in [3.8, 4) is 0 Å². The minimum atomic E-state index is -0.980. The van der Waals surface area contributed by atoms with E-state index in [0.717, 1.165) is 6.08 Å². The molecule has 1 amide bonds. The molecule has 0 heterocycles. The zero-order chi connectivity index (χ0) is 13.7. The van der Waals surface area contributed by atoms with E-state index in [0.29, 0.717) is 0 Å². The van der Waals surface area contributed by atoms with Gasteiger partial charge in [0.2, 0.25) is 5.91 Å². The van der Waals surface area contributed by atoms with Crippen LogP contribution in [0, 0.1) is 0 Å². The molecule has 0 rings (SSSR count). The Kier molecular flexibility index (Phi) is 49.8. The maximum absolute atomic E-state index is 9.60. The second-order valence-electron chi connectivity index (χ2n) is 2.22. The van der Waals surface area contributed by atoms with Crippen molar-refractivity contribution in [2.24, 2.45) is 5.73 Å². The molecule has 0 aliphatic carbocycles. The van der Waals surface area contributed by atoms with E-state index in [1.54, 1.807) is 0 Å². The summed E-state index contributed by atoms with van der Waals surface area (Å²) >= 11 is 4.74. The summed E-state index contributed by atoms with van der Waals surface area (Å²) in [5.41, 5.74) is 4.71. The molecule has 0 fully saturated rings. The topological polar surface area (TPSA) is 148 Å². The number of hydrogen-bond acceptors (Lipinski definition) is 4. The first-order valence-electron chi connectivity index (χ1n) is 3.77. The first kappa shape index (κ1) is 36.2. The van der Waals surface area contributed by atoms with Crippen molar-refractivity contribution >= 4 is 41.9 Å². The van der Waals surface area contributed by atoms with Crippen LogP contribution < -0.4 is 35.3 Å². The average Bonchev–Trinajstić information content (AvgIpc) is 2.19. The van der Waals surface area contributed by atoms with Crippen LogP contribution in [0.4, 0.5) is 0 Å². The molecule has 19 heavy (non-hydrogen) atoms. The summed E-state index contributed by atoms with van der Waals surface area (Å²) in [6.45, 7) is 7.69. The van der Waals surface area contributed by atoms with Crippen molar-refractivity contribution in [2.75, 3.05) is 5.88 Å². The van der Waals surface area contributed by atoms with Gasteiger partial charge in [0.25, 0.3) is 0 Å². The SMILES string of the molecule is C=C(C)C(=O)O.C=CC(N)=O.Cl.O=C(O)CCl.[Na+].[OH-]. The molecule has 0 aliphatic heterocycles. The van der Waals surface area contributed by atoms with E-state index in [-0.39, 0.29) is 58.9 Å². The van der Waals surface area contributed by atoms with Gasteiger partial charge in [0.05, 0.1) is 0 Å². The van der Waals surface area contributed by atoms with Crippen molar-refractivity contribution in [1.29, 1.82) is 0 Å². The normalized spacial score (nSPS) is 6.00. The molecule has 0 aromatic rings. The Hall–Kier alpha value is -0.570. The van der Waals surface area contributed by atoms with Crippen molar-refractivity contribution in [3.05, 3.63) is 24.8 Å². The van der Waals surface area contributed by atoms with Gasteiger partial charge < -0.3 is 21.4 Å². The molecule has 5 N–H and O–H groups in total. The predicted molar refractivity (Wildman–Crippen MR) is 69.4 cm³/mol. The number of hydrogen-bond donors (Lipinski definition) is 3. The molecule has 10 heteroatoms. The summed E-state index contributed by atoms with van der Waals surface area (Å²) in [6.07, 6.45) is 1.06. The van der Waals surface area contributed by atoms with Gasteiger partial charge in [0, 0.05) is 5.57 Å². The van der Waals surface area contributed by atoms with Gasteiger partial charge in [0.15, 0.2) is 0 Å². The van der Waals surface area contributed by atoms with Crippen LogP contribution in [0.25, 0.3) is 0 Å². The van der Waals surface area contributed by atoms with Crippen LogP contribution in [0.2, 0.25) is 0 Å². The van der Waals surface area contributed by atoms with Crippen molar-refractivity contribution in [1.82, 2.24) is 0 Å². The number of alkyl halides is 1. The maximum atomic E-state index is 9.60. The van der Waals surface area contributed by atoms with Gasteiger partial charge in [-0.3, -0.25) is 9.59 Å². The van der Waals surface area contributed by atoms with E-state index < -0.39 is 17.8 Å². The van der Waals surface area contributed by atoms with E-state index in [2.05, 4.69) is 18.9 Å². The maximum Gasteiger partial charge on any atom is 1.00 e. The summed E-state index contributed by atoms with van der Waals surface area (Å²) < 4.78 is 0. The first-order valence-corrected chi connectivity index (χ1v) is 4.30. The summed E-state index contributed by atoms with van der Waals surface area (Å²) in [7, 11) is 0. The van der Waals surface area contributed by atoms with Gasteiger partial charge in [-0.1, -0.05) is 13.2 Å². The number of aliphatic carboxylic acids is 2. The number of carbonyl (C=O) groups excluding carboxylic acids is 1. The molecule has 0 bridgehead atoms. The Balaban J connectivity index is -0.0000000311. The number of amides is 1. The predicted octanol–water partition coefficient (Wildman–Crippen LogP) is -2.14. The van der Waals surface area contributed by atoms with E-state index in [4.69, 9.17) is 21.8 Å². The molecule has 0 aromatic carbocycles. The molecular weight excluding hydrogens is 312 g/mol. The summed E-state index contributed by atoms with van der Waals surface area (Å²) in [5, 5.41) is 15.5. The van der Waals surface area contributed by atoms with Crippen LogP contribution in [-0.2, 0) is 14.4 Å². The van der Waals surface area contributed by atoms with E-state index in [1.807, 2.05) is 0 Å². The van der Waals surface area contributed by atoms with Crippen molar-refractivity contribution in [2.45, 2.75) is 6.92 Å². The van der Waals surface area contributed by atoms with Crippen LogP contribution in [0.15, 0.2) is 24.8 Å². The third kappa shape index (κ3) is 75.2. The summed E-state index contributed by atoms with van der Waals surface area (Å²) in [6, 6.07) is 0. The molecule has 7 nitrogen and oxygen atoms in total. The van der Waals surface area contributed by atoms with Gasteiger partial charge >= 0.3 is 41.5 Å². The van der Waals surface area contributed by atoms with Crippen molar-refractivity contribution in [3.63, 3.8) is 0 Å². The number of primary amides is 1. The number of halogens is 2. The Bertz CT molecular complexity index is 274. The average molecular weight is 328 g/mol. The van der Waals surface area contributed by atoms with E-state index in [9.17, 15) is 14.4 Å². The standard InChI is InChI=1S/C4H6O2.C3H5NO.C2H3ClO2.ClH.Na.H2O/c1-3(2)4(5)6;1-2-3(4)5;3-1-2(4)5;;;/h1H2,2H3,(H,5,6);2H,1H2,(H2,4,5);1H2,(H,4,5);1H;;1H2/q;;;;+1;/p-1. The van der Waals surface area contributed by atoms with Gasteiger partial charge in [-0.2, -0.15) is 0 Å². The molecule has 0 aromatic heterocycles. The van der Waals surface area contributed by atoms with Gasteiger partial charge in [-0.15, -0.1) is 24.0 Å². The molecule has 0 spiro atoms. The van der Waals surface area contributed by atoms with Crippen LogP contribution in [0.3, 0.4) is 0 Å². The molecule has 0 saturated carbocycles. The zero-order valence-electron chi connectivity index (χ0n) is 10.6. The van der Waals surface area contributed by atoms with Crippen molar-refractivity contribution < 1.29 is 59.6 Å². The molecule has 0 unspecified atom stereocenters. The van der Waals surface area contributed by atoms with Gasteiger partial charge in [0.1, 0.15) is 5.88 Å². The fraction of sp³-hybridized carbons (Fsp3) is 0.222. The Labute approximate surface area is 144 Å².